The Morgan fingerprint density at radius 1 is 0.435 bits per heavy atom. The molecule has 2 aliphatic rings. The topological polar surface area (TPSA) is 8.17 Å². The second-order valence-electron chi connectivity index (χ2n) is 12.6. The van der Waals surface area contributed by atoms with Gasteiger partial charge in [-0.2, -0.15) is 0 Å². The number of fused-ring (bicyclic) bond motifs is 12. The number of benzene rings is 7. The number of hydrogen-bond acceptors (Lipinski definition) is 1. The third-order valence-electron chi connectivity index (χ3n) is 10.3. The van der Waals surface area contributed by atoms with Gasteiger partial charge < -0.3 is 9.47 Å². The number of nitrogens with zero attached hydrogens (tertiary/aromatic N) is 2. The Labute approximate surface area is 268 Å². The summed E-state index contributed by atoms with van der Waals surface area (Å²) in [4.78, 5) is 2.44. The monoisotopic (exact) mass is 586 g/mol. The van der Waals surface area contributed by atoms with Gasteiger partial charge in [-0.05, 0) is 88.3 Å². The molecule has 1 spiro atoms. The molecule has 1 aromatic heterocycles. The lowest BCUT2D eigenvalue weighted by atomic mass is 9.64. The highest BCUT2D eigenvalue weighted by Crippen LogP contribution is 2.63. The Morgan fingerprint density at radius 2 is 1.04 bits per heavy atom. The van der Waals surface area contributed by atoms with Crippen LogP contribution in [-0.4, -0.2) is 4.57 Å². The van der Waals surface area contributed by atoms with E-state index in [4.69, 9.17) is 0 Å². The van der Waals surface area contributed by atoms with Gasteiger partial charge in [0.05, 0.1) is 27.8 Å². The van der Waals surface area contributed by atoms with Gasteiger partial charge >= 0.3 is 0 Å². The normalized spacial score (nSPS) is 13.9. The molecule has 2 heteroatoms. The molecule has 216 valence electrons. The van der Waals surface area contributed by atoms with Crippen LogP contribution in [0.25, 0.3) is 38.6 Å². The average molecular weight is 587 g/mol. The quantitative estimate of drug-likeness (QED) is 0.196. The van der Waals surface area contributed by atoms with Gasteiger partial charge in [0.25, 0.3) is 0 Å². The van der Waals surface area contributed by atoms with Gasteiger partial charge in [0.2, 0.25) is 0 Å². The van der Waals surface area contributed by atoms with Gasteiger partial charge in [-0.3, -0.25) is 0 Å². The van der Waals surface area contributed by atoms with Crippen molar-refractivity contribution in [1.82, 2.24) is 4.57 Å². The lowest BCUT2D eigenvalue weighted by molar-refractivity contribution is 0.752. The van der Waals surface area contributed by atoms with Gasteiger partial charge in [-0.25, -0.2) is 0 Å². The molecule has 46 heavy (non-hydrogen) atoms. The van der Waals surface area contributed by atoms with Crippen molar-refractivity contribution >= 4 is 38.9 Å². The summed E-state index contributed by atoms with van der Waals surface area (Å²) in [7, 11) is 0. The lowest BCUT2D eigenvalue weighted by Crippen LogP contribution is -2.36. The largest absolute Gasteiger partial charge is 0.310 e. The molecular formula is C44H30N2. The summed E-state index contributed by atoms with van der Waals surface area (Å²) in [5.41, 5.74) is 16.0. The molecule has 0 radical (unpaired) electrons. The van der Waals surface area contributed by atoms with Crippen molar-refractivity contribution in [2.45, 2.75) is 12.3 Å². The van der Waals surface area contributed by atoms with Crippen molar-refractivity contribution in [3.05, 3.63) is 192 Å². The Hall–Kier alpha value is -5.86. The van der Waals surface area contributed by atoms with Crippen LogP contribution < -0.4 is 4.90 Å². The molecule has 0 saturated heterocycles. The fourth-order valence-corrected chi connectivity index (χ4v) is 8.55. The molecule has 0 atom stereocenters. The third kappa shape index (κ3) is 3.15. The van der Waals surface area contributed by atoms with E-state index in [9.17, 15) is 0 Å². The minimum Gasteiger partial charge on any atom is -0.310 e. The Morgan fingerprint density at radius 3 is 1.83 bits per heavy atom. The molecule has 8 aromatic rings. The summed E-state index contributed by atoms with van der Waals surface area (Å²) in [6.45, 7) is 2.23. The molecule has 2 heterocycles. The van der Waals surface area contributed by atoms with E-state index in [1.807, 2.05) is 0 Å². The molecular weight excluding hydrogens is 556 g/mol. The first-order chi connectivity index (χ1) is 22.8. The third-order valence-corrected chi connectivity index (χ3v) is 10.3. The van der Waals surface area contributed by atoms with E-state index in [-0.39, 0.29) is 0 Å². The first kappa shape index (κ1) is 25.5. The van der Waals surface area contributed by atoms with Gasteiger partial charge in [-0.15, -0.1) is 0 Å². The van der Waals surface area contributed by atoms with Crippen molar-refractivity contribution in [1.29, 1.82) is 0 Å². The van der Waals surface area contributed by atoms with Crippen molar-refractivity contribution in [2.24, 2.45) is 0 Å². The summed E-state index contributed by atoms with van der Waals surface area (Å²) in [6, 6.07) is 60.5. The number of para-hydroxylation sites is 5. The summed E-state index contributed by atoms with van der Waals surface area (Å²) in [6.07, 6.45) is 0. The maximum Gasteiger partial charge on any atom is 0.0755 e. The van der Waals surface area contributed by atoms with E-state index in [0.717, 1.165) is 0 Å². The fraction of sp³-hybridized carbons (Fsp3) is 0.0455. The van der Waals surface area contributed by atoms with E-state index in [2.05, 4.69) is 180 Å². The predicted molar refractivity (Wildman–Crippen MR) is 191 cm³/mol. The molecule has 0 fully saturated rings. The van der Waals surface area contributed by atoms with Crippen LogP contribution in [0.1, 0.15) is 27.8 Å². The molecule has 0 bridgehead atoms. The second kappa shape index (κ2) is 9.32. The highest BCUT2D eigenvalue weighted by atomic mass is 15.2. The minimum absolute atomic E-state index is 0.478. The smallest absolute Gasteiger partial charge is 0.0755 e. The van der Waals surface area contributed by atoms with Crippen LogP contribution in [0.2, 0.25) is 0 Å². The first-order valence-electron chi connectivity index (χ1n) is 16.0. The highest BCUT2D eigenvalue weighted by molar-refractivity contribution is 6.10. The maximum absolute atomic E-state index is 2.49. The van der Waals surface area contributed by atoms with Crippen LogP contribution in [0.4, 0.5) is 17.1 Å². The summed E-state index contributed by atoms with van der Waals surface area (Å²) < 4.78 is 2.48. The Bertz CT molecular complexity index is 2450. The van der Waals surface area contributed by atoms with Gasteiger partial charge in [0, 0.05) is 22.1 Å². The van der Waals surface area contributed by atoms with Crippen molar-refractivity contribution in [3.63, 3.8) is 0 Å². The molecule has 2 nitrogen and oxygen atoms in total. The highest BCUT2D eigenvalue weighted by Gasteiger charge is 2.51. The summed E-state index contributed by atoms with van der Waals surface area (Å²) in [5, 5.41) is 2.58. The van der Waals surface area contributed by atoms with Crippen LogP contribution in [0.3, 0.4) is 0 Å². The number of aryl methyl sites for hydroxylation is 1. The van der Waals surface area contributed by atoms with Gasteiger partial charge in [0.15, 0.2) is 0 Å². The summed E-state index contributed by atoms with van der Waals surface area (Å²) in [5.74, 6) is 0. The number of hydrogen-bond donors (Lipinski definition) is 0. The molecule has 10 rings (SSSR count). The van der Waals surface area contributed by atoms with Gasteiger partial charge in [-0.1, -0.05) is 121 Å². The zero-order valence-electron chi connectivity index (χ0n) is 25.5. The molecule has 0 unspecified atom stereocenters. The molecule has 1 aliphatic heterocycles. The number of aromatic nitrogens is 1. The van der Waals surface area contributed by atoms with Crippen molar-refractivity contribution < 1.29 is 0 Å². The van der Waals surface area contributed by atoms with Crippen LogP contribution in [-0.2, 0) is 5.41 Å². The van der Waals surface area contributed by atoms with E-state index in [1.165, 1.54) is 83.5 Å². The fourth-order valence-electron chi connectivity index (χ4n) is 8.55. The van der Waals surface area contributed by atoms with Crippen molar-refractivity contribution in [2.75, 3.05) is 4.90 Å². The van der Waals surface area contributed by atoms with E-state index >= 15 is 0 Å². The number of rotatable bonds is 2. The average Bonchev–Trinajstić information content (AvgIpc) is 3.61. The number of anilines is 3. The second-order valence-corrected chi connectivity index (χ2v) is 12.6. The van der Waals surface area contributed by atoms with Crippen LogP contribution in [0.5, 0.6) is 0 Å². The molecule has 7 aromatic carbocycles. The molecule has 0 saturated carbocycles. The van der Waals surface area contributed by atoms with E-state index < -0.39 is 5.41 Å². The van der Waals surface area contributed by atoms with E-state index in [1.54, 1.807) is 0 Å². The summed E-state index contributed by atoms with van der Waals surface area (Å²) >= 11 is 0. The molecule has 1 aliphatic carbocycles. The standard InChI is InChI=1S/C44H30N2/c1-29-14-13-19-35-34-18-6-10-23-40(34)46(43(29)35)31-26-27-33-32-17-5-7-20-36(32)44(39(33)28-31)37-21-8-11-24-41(37)45(30-15-3-2-4-16-30)42-25-12-9-22-38(42)44/h2-28H,1H3. The van der Waals surface area contributed by atoms with Crippen molar-refractivity contribution in [3.8, 4) is 16.8 Å². The Balaban J connectivity index is 1.34. The molecule has 0 amide bonds. The Kier molecular flexibility index (Phi) is 5.16. The van der Waals surface area contributed by atoms with E-state index in [0.29, 0.717) is 0 Å². The molecule has 0 N–H and O–H groups in total. The zero-order valence-corrected chi connectivity index (χ0v) is 25.5. The maximum atomic E-state index is 2.49. The van der Waals surface area contributed by atoms with Crippen LogP contribution >= 0.6 is 0 Å². The predicted octanol–water partition coefficient (Wildman–Crippen LogP) is 11.2. The minimum atomic E-state index is -0.478. The SMILES string of the molecule is Cc1cccc2c3ccccc3n(-c3ccc4c(c3)C3(c5ccccc5-4)c4ccccc4N(c4ccccc4)c4ccccc43)c12. The van der Waals surface area contributed by atoms with Crippen LogP contribution in [0.15, 0.2) is 164 Å². The lowest BCUT2D eigenvalue weighted by Gasteiger charge is -2.45. The van der Waals surface area contributed by atoms with Crippen LogP contribution in [0, 0.1) is 6.92 Å². The zero-order chi connectivity index (χ0) is 30.4. The first-order valence-corrected chi connectivity index (χ1v) is 16.0. The van der Waals surface area contributed by atoms with Gasteiger partial charge in [0.1, 0.15) is 0 Å².